The zero-order valence-electron chi connectivity index (χ0n) is 29.8. The lowest BCUT2D eigenvalue weighted by Crippen LogP contribution is -2.15. The van der Waals surface area contributed by atoms with Crippen LogP contribution in [-0.2, 0) is 5.41 Å². The van der Waals surface area contributed by atoms with Crippen LogP contribution in [0.2, 0.25) is 0 Å². The van der Waals surface area contributed by atoms with Gasteiger partial charge >= 0.3 is 0 Å². The second-order valence-corrected chi connectivity index (χ2v) is 14.6. The van der Waals surface area contributed by atoms with Crippen LogP contribution in [0.3, 0.4) is 0 Å². The smallest absolute Gasteiger partial charge is 0.143 e. The summed E-state index contributed by atoms with van der Waals surface area (Å²) in [6, 6.07) is 67.9. The molecule has 1 aliphatic carbocycles. The highest BCUT2D eigenvalue weighted by Gasteiger charge is 2.38. The predicted molar refractivity (Wildman–Crippen MR) is 222 cm³/mol. The van der Waals surface area contributed by atoms with E-state index < -0.39 is 0 Å². The minimum atomic E-state index is -0.174. The molecule has 0 atom stereocenters. The highest BCUT2D eigenvalue weighted by Crippen LogP contribution is 2.54. The van der Waals surface area contributed by atoms with Crippen molar-refractivity contribution in [3.05, 3.63) is 199 Å². The number of nitrogens with zero attached hydrogens (tertiary/aromatic N) is 1. The summed E-state index contributed by atoms with van der Waals surface area (Å²) in [6.45, 7) is 4.67. The molecule has 2 heteroatoms. The van der Waals surface area contributed by atoms with Crippen molar-refractivity contribution in [3.8, 4) is 44.5 Å². The molecule has 53 heavy (non-hydrogen) atoms. The van der Waals surface area contributed by atoms with Gasteiger partial charge in [0.05, 0.1) is 0 Å². The third kappa shape index (κ3) is 5.18. The molecule has 0 saturated heterocycles. The van der Waals surface area contributed by atoms with Gasteiger partial charge in [-0.2, -0.15) is 0 Å². The first kappa shape index (κ1) is 31.1. The van der Waals surface area contributed by atoms with Gasteiger partial charge in [-0.3, -0.25) is 0 Å². The summed E-state index contributed by atoms with van der Waals surface area (Å²) < 4.78 is 6.69. The number of anilines is 3. The molecule has 10 rings (SSSR count). The fourth-order valence-electron chi connectivity index (χ4n) is 8.36. The average Bonchev–Trinajstić information content (AvgIpc) is 3.71. The minimum absolute atomic E-state index is 0.174. The van der Waals surface area contributed by atoms with Crippen molar-refractivity contribution in [3.63, 3.8) is 0 Å². The number of benzene rings is 8. The molecule has 1 aliphatic rings. The van der Waals surface area contributed by atoms with Crippen molar-refractivity contribution in [1.29, 1.82) is 0 Å². The van der Waals surface area contributed by atoms with Crippen molar-refractivity contribution < 1.29 is 4.42 Å². The van der Waals surface area contributed by atoms with E-state index in [-0.39, 0.29) is 5.41 Å². The van der Waals surface area contributed by atoms with E-state index >= 15 is 0 Å². The lowest BCUT2D eigenvalue weighted by molar-refractivity contribution is 0.653. The monoisotopic (exact) mass is 679 g/mol. The van der Waals surface area contributed by atoms with Crippen LogP contribution in [0, 0.1) is 0 Å². The molecule has 8 aromatic carbocycles. The Balaban J connectivity index is 1.21. The summed E-state index contributed by atoms with van der Waals surface area (Å²) >= 11 is 0. The number of hydrogen-bond donors (Lipinski definition) is 0. The van der Waals surface area contributed by atoms with Crippen LogP contribution in [0.5, 0.6) is 0 Å². The zero-order valence-corrected chi connectivity index (χ0v) is 29.8. The number of hydrogen-bond acceptors (Lipinski definition) is 2. The van der Waals surface area contributed by atoms with Crippen molar-refractivity contribution in [2.75, 3.05) is 4.90 Å². The molecule has 0 radical (unpaired) electrons. The van der Waals surface area contributed by atoms with Gasteiger partial charge in [-0.1, -0.05) is 153 Å². The van der Waals surface area contributed by atoms with Crippen LogP contribution in [0.4, 0.5) is 17.1 Å². The molecule has 2 nitrogen and oxygen atoms in total. The summed E-state index contributed by atoms with van der Waals surface area (Å²) in [5.41, 5.74) is 17.1. The SMILES string of the molecule is CC1(C)c2ccc(N(c3ccc(-c4ccccc4)cc3)c3cc(-c4ccccc4)cc(-c4ccccc4)c3)cc2-c2c1ccc1c2oc2ccccc21. The van der Waals surface area contributed by atoms with Crippen molar-refractivity contribution >= 4 is 39.0 Å². The van der Waals surface area contributed by atoms with Crippen molar-refractivity contribution in [1.82, 2.24) is 0 Å². The second kappa shape index (κ2) is 12.3. The van der Waals surface area contributed by atoms with Crippen molar-refractivity contribution in [2.24, 2.45) is 0 Å². The quantitative estimate of drug-likeness (QED) is 0.174. The van der Waals surface area contributed by atoms with Gasteiger partial charge in [-0.05, 0) is 98.6 Å². The average molecular weight is 680 g/mol. The van der Waals surface area contributed by atoms with E-state index in [1.807, 2.05) is 0 Å². The Morgan fingerprint density at radius 3 is 1.57 bits per heavy atom. The maximum atomic E-state index is 6.69. The maximum Gasteiger partial charge on any atom is 0.143 e. The molecule has 252 valence electrons. The Morgan fingerprint density at radius 2 is 0.925 bits per heavy atom. The summed E-state index contributed by atoms with van der Waals surface area (Å²) in [6.07, 6.45) is 0. The fraction of sp³-hybridized carbons (Fsp3) is 0.0588. The normalized spacial score (nSPS) is 12.9. The van der Waals surface area contributed by atoms with Gasteiger partial charge in [0, 0.05) is 38.8 Å². The first-order chi connectivity index (χ1) is 26.0. The van der Waals surface area contributed by atoms with E-state index in [0.717, 1.165) is 39.0 Å². The van der Waals surface area contributed by atoms with Gasteiger partial charge in [0.15, 0.2) is 0 Å². The lowest BCUT2D eigenvalue weighted by atomic mass is 9.82. The standard InChI is InChI=1S/C51H37NO/c1-51(2)46-28-26-41(33-45(46)49-47(51)29-27-44-43-20-12-13-21-48(43)53-50(44)49)52(40-24-22-37(23-25-40)34-14-6-3-7-15-34)42-31-38(35-16-8-4-9-17-35)30-39(32-42)36-18-10-5-11-19-36/h3-33H,1-2H3. The molecule has 0 fully saturated rings. The van der Waals surface area contributed by atoms with Gasteiger partial charge in [-0.25, -0.2) is 0 Å². The van der Waals surface area contributed by atoms with Gasteiger partial charge in [0.2, 0.25) is 0 Å². The van der Waals surface area contributed by atoms with Gasteiger partial charge < -0.3 is 9.32 Å². The third-order valence-electron chi connectivity index (χ3n) is 11.0. The zero-order chi connectivity index (χ0) is 35.5. The van der Waals surface area contributed by atoms with Crippen LogP contribution in [0.25, 0.3) is 66.4 Å². The largest absolute Gasteiger partial charge is 0.455 e. The van der Waals surface area contributed by atoms with Crippen LogP contribution >= 0.6 is 0 Å². The van der Waals surface area contributed by atoms with E-state index in [0.29, 0.717) is 0 Å². The van der Waals surface area contributed by atoms with E-state index in [4.69, 9.17) is 4.42 Å². The molecule has 1 aromatic heterocycles. The number of fused-ring (bicyclic) bond motifs is 7. The molecular weight excluding hydrogens is 643 g/mol. The third-order valence-corrected chi connectivity index (χ3v) is 11.0. The van der Waals surface area contributed by atoms with Crippen LogP contribution in [-0.4, -0.2) is 0 Å². The second-order valence-electron chi connectivity index (χ2n) is 14.6. The predicted octanol–water partition coefficient (Wildman–Crippen LogP) is 14.4. The number of rotatable bonds is 6. The first-order valence-corrected chi connectivity index (χ1v) is 18.3. The Morgan fingerprint density at radius 1 is 0.396 bits per heavy atom. The number of para-hydroxylation sites is 1. The molecule has 9 aromatic rings. The lowest BCUT2D eigenvalue weighted by Gasteiger charge is -2.28. The van der Waals surface area contributed by atoms with E-state index in [2.05, 4.69) is 207 Å². The summed E-state index contributed by atoms with van der Waals surface area (Å²) in [4.78, 5) is 2.41. The molecular formula is C51H37NO. The Kier molecular flexibility index (Phi) is 7.19. The van der Waals surface area contributed by atoms with Gasteiger partial charge in [0.1, 0.15) is 11.2 Å². The molecule has 0 aliphatic heterocycles. The summed E-state index contributed by atoms with van der Waals surface area (Å²) in [7, 11) is 0. The maximum absolute atomic E-state index is 6.69. The number of furan rings is 1. The van der Waals surface area contributed by atoms with Crippen LogP contribution in [0.15, 0.2) is 192 Å². The Labute approximate surface area is 310 Å². The van der Waals surface area contributed by atoms with Crippen LogP contribution in [0.1, 0.15) is 25.0 Å². The molecule has 0 spiro atoms. The molecule has 0 bridgehead atoms. The Hall–Kier alpha value is -6.64. The summed E-state index contributed by atoms with van der Waals surface area (Å²) in [5.74, 6) is 0. The van der Waals surface area contributed by atoms with E-state index in [1.165, 1.54) is 55.6 Å². The molecule has 0 saturated carbocycles. The molecule has 1 heterocycles. The van der Waals surface area contributed by atoms with Gasteiger partial charge in [-0.15, -0.1) is 0 Å². The van der Waals surface area contributed by atoms with E-state index in [1.54, 1.807) is 0 Å². The fourth-order valence-corrected chi connectivity index (χ4v) is 8.36. The molecule has 0 N–H and O–H groups in total. The summed E-state index contributed by atoms with van der Waals surface area (Å²) in [5, 5.41) is 2.31. The van der Waals surface area contributed by atoms with Gasteiger partial charge in [0.25, 0.3) is 0 Å². The van der Waals surface area contributed by atoms with Crippen LogP contribution < -0.4 is 4.90 Å². The highest BCUT2D eigenvalue weighted by atomic mass is 16.3. The first-order valence-electron chi connectivity index (χ1n) is 18.3. The highest BCUT2D eigenvalue weighted by molar-refractivity contribution is 6.12. The topological polar surface area (TPSA) is 16.4 Å². The van der Waals surface area contributed by atoms with E-state index in [9.17, 15) is 0 Å². The molecule has 0 unspecified atom stereocenters. The van der Waals surface area contributed by atoms with Crippen molar-refractivity contribution in [2.45, 2.75) is 19.3 Å². The minimum Gasteiger partial charge on any atom is -0.455 e. The molecule has 0 amide bonds. The Bertz CT molecular complexity index is 2720.